The number of benzene rings is 2. The van der Waals surface area contributed by atoms with E-state index in [1.165, 1.54) is 0 Å². The van der Waals surface area contributed by atoms with Crippen LogP contribution in [0.5, 0.6) is 23.0 Å². The molecule has 0 unspecified atom stereocenters. The van der Waals surface area contributed by atoms with Crippen LogP contribution in [0, 0.1) is 24.7 Å². The Hall–Kier alpha value is -1.13. The molecule has 10 heteroatoms. The van der Waals surface area contributed by atoms with E-state index in [0.29, 0.717) is 0 Å². The lowest BCUT2D eigenvalue weighted by Crippen LogP contribution is -2.45. The number of rotatable bonds is 8. The molecular formula is C40H71BrMgO4Si4. The summed E-state index contributed by atoms with van der Waals surface area (Å²) < 4.78 is 26.1. The summed E-state index contributed by atoms with van der Waals surface area (Å²) in [5, 5.41) is 0.499. The lowest BCUT2D eigenvalue weighted by molar-refractivity contribution is 0.440. The fourth-order valence-electron chi connectivity index (χ4n) is 3.24. The van der Waals surface area contributed by atoms with Crippen molar-refractivity contribution in [2.24, 2.45) is 0 Å². The van der Waals surface area contributed by atoms with Crippen molar-refractivity contribution in [3.05, 3.63) is 47.5 Å². The van der Waals surface area contributed by atoms with Crippen LogP contribution in [-0.2, 0) is 0 Å². The summed E-state index contributed by atoms with van der Waals surface area (Å²) in [6.45, 7) is 44.8. The second kappa shape index (κ2) is 17.8. The highest BCUT2D eigenvalue weighted by Crippen LogP contribution is 2.45. The third kappa shape index (κ3) is 13.7. The number of halogens is 1. The molecule has 0 saturated carbocycles. The van der Waals surface area contributed by atoms with E-state index in [1.54, 1.807) is 0 Å². The zero-order valence-corrected chi connectivity index (χ0v) is 40.4. The molecule has 0 aliphatic carbocycles. The first-order chi connectivity index (χ1) is 21.2. The predicted octanol–water partition coefficient (Wildman–Crippen LogP) is 12.5. The van der Waals surface area contributed by atoms with Gasteiger partial charge in [0.25, 0.3) is 33.3 Å². The quantitative estimate of drug-likeness (QED) is 0.196. The maximum Gasteiger partial charge on any atom is 0.316 e. The Bertz CT molecular complexity index is 1380. The Morgan fingerprint density at radius 1 is 0.420 bits per heavy atom. The highest BCUT2D eigenvalue weighted by molar-refractivity contribution is 8.93. The van der Waals surface area contributed by atoms with Crippen LogP contribution in [0.25, 0.3) is 0 Å². The first-order valence-electron chi connectivity index (χ1n) is 17.2. The van der Waals surface area contributed by atoms with Crippen LogP contribution in [-0.4, -0.2) is 56.3 Å². The van der Waals surface area contributed by atoms with Crippen LogP contribution >= 0.6 is 17.0 Å². The fraction of sp³-hybridized carbons (Fsp3) is 0.600. The van der Waals surface area contributed by atoms with Gasteiger partial charge in [-0.2, -0.15) is 0 Å². The number of terminal acetylenes is 2. The topological polar surface area (TPSA) is 36.9 Å². The van der Waals surface area contributed by atoms with E-state index in [9.17, 15) is 0 Å². The van der Waals surface area contributed by atoms with Gasteiger partial charge in [-0.3, -0.25) is 0 Å². The van der Waals surface area contributed by atoms with Crippen LogP contribution in [0.4, 0.5) is 0 Å². The molecule has 4 nitrogen and oxygen atoms in total. The summed E-state index contributed by atoms with van der Waals surface area (Å²) in [4.78, 5) is 0. The Balaban J connectivity index is 0. The van der Waals surface area contributed by atoms with Crippen molar-refractivity contribution in [3.8, 4) is 47.7 Å². The first kappa shape index (κ1) is 51.0. The zero-order chi connectivity index (χ0) is 37.9. The van der Waals surface area contributed by atoms with Crippen molar-refractivity contribution >= 4 is 73.3 Å². The zero-order valence-electron chi connectivity index (χ0n) is 34.7. The van der Waals surface area contributed by atoms with E-state index in [2.05, 4.69) is 147 Å². The maximum absolute atomic E-state index is 6.54. The van der Waals surface area contributed by atoms with Crippen molar-refractivity contribution in [2.75, 3.05) is 0 Å². The fourth-order valence-corrected chi connectivity index (χ4v) is 7.32. The molecule has 50 heavy (non-hydrogen) atoms. The molecule has 0 radical (unpaired) electrons. The van der Waals surface area contributed by atoms with Crippen molar-refractivity contribution in [3.63, 3.8) is 0 Å². The molecule has 0 amide bonds. The van der Waals surface area contributed by atoms with Gasteiger partial charge in [-0.15, -0.1) is 29.8 Å². The number of hydrogen-bond acceptors (Lipinski definition) is 4. The third-order valence-corrected chi connectivity index (χ3v) is 28.3. The van der Waals surface area contributed by atoms with Crippen molar-refractivity contribution < 1.29 is 17.7 Å². The lowest BCUT2D eigenvalue weighted by Gasteiger charge is -2.39. The van der Waals surface area contributed by atoms with Gasteiger partial charge in [0.1, 0.15) is 23.0 Å². The summed E-state index contributed by atoms with van der Waals surface area (Å²) in [6, 6.07) is 11.7. The Morgan fingerprint density at radius 2 is 0.620 bits per heavy atom. The van der Waals surface area contributed by atoms with Crippen LogP contribution in [0.15, 0.2) is 36.4 Å². The smallest absolute Gasteiger partial charge is 0.316 e. The van der Waals surface area contributed by atoms with Crippen LogP contribution in [0.2, 0.25) is 72.5 Å². The van der Waals surface area contributed by atoms with Gasteiger partial charge < -0.3 is 17.7 Å². The predicted molar refractivity (Wildman–Crippen MR) is 239 cm³/mol. The van der Waals surface area contributed by atoms with E-state index >= 15 is 0 Å². The van der Waals surface area contributed by atoms with E-state index in [1.807, 2.05) is 36.4 Å². The van der Waals surface area contributed by atoms with Crippen LogP contribution < -0.4 is 17.7 Å². The van der Waals surface area contributed by atoms with Crippen molar-refractivity contribution in [1.82, 2.24) is 0 Å². The average molecular weight is 833 g/mol. The molecule has 0 saturated heterocycles. The second-order valence-corrected chi connectivity index (χ2v) is 38.0. The highest BCUT2D eigenvalue weighted by atomic mass is 79.9. The van der Waals surface area contributed by atoms with Gasteiger partial charge in [0.15, 0.2) is 0 Å². The first-order valence-corrected chi connectivity index (χ1v) is 28.8. The summed E-state index contributed by atoms with van der Waals surface area (Å²) in [5.74, 6) is 8.64. The van der Waals surface area contributed by atoms with Crippen LogP contribution in [0.1, 0.15) is 94.2 Å². The molecule has 0 aromatic heterocycles. The summed E-state index contributed by atoms with van der Waals surface area (Å²) >= 11 is 0. The second-order valence-electron chi connectivity index (χ2n) is 19.1. The van der Waals surface area contributed by atoms with Gasteiger partial charge in [0, 0.05) is 11.1 Å². The van der Waals surface area contributed by atoms with Crippen molar-refractivity contribution in [2.45, 2.75) is 156 Å². The van der Waals surface area contributed by atoms with Gasteiger partial charge in [0.2, 0.25) is 0 Å². The molecule has 280 valence electrons. The van der Waals surface area contributed by atoms with Gasteiger partial charge in [-0.05, 0) is 109 Å². The minimum absolute atomic E-state index is 0. The molecule has 0 atom stereocenters. The van der Waals surface area contributed by atoms with Crippen LogP contribution in [0.3, 0.4) is 0 Å². The standard InChI is InChI=1S/2C20H34O2Si2.BrH.Mg.2H/c2*1-12-16-13-14-17(21-23(8,9)19(2,3)4)18(15-16)22-24(10,11)20(5,6)7;;;;/h2*1,13-15H,2-11H3;1H;;;. The number of hydrogen-bond donors (Lipinski definition) is 0. The molecule has 0 spiro atoms. The lowest BCUT2D eigenvalue weighted by atomic mass is 10.2. The minimum Gasteiger partial charge on any atom is -0.541 e. The van der Waals surface area contributed by atoms with Crippen molar-refractivity contribution in [1.29, 1.82) is 0 Å². The van der Waals surface area contributed by atoms with Gasteiger partial charge in [-0.25, -0.2) is 0 Å². The minimum atomic E-state index is -1.97. The monoisotopic (exact) mass is 830 g/mol. The summed E-state index contributed by atoms with van der Waals surface area (Å²) in [6.07, 6.45) is 11.2. The molecule has 0 N–H and O–H groups in total. The average Bonchev–Trinajstić information content (AvgIpc) is 2.88. The molecule has 2 aromatic carbocycles. The molecule has 0 aliphatic heterocycles. The van der Waals surface area contributed by atoms with E-state index in [4.69, 9.17) is 30.6 Å². The van der Waals surface area contributed by atoms with E-state index < -0.39 is 33.3 Å². The normalized spacial score (nSPS) is 12.8. The van der Waals surface area contributed by atoms with Gasteiger partial charge in [0.05, 0.1) is 0 Å². The third-order valence-electron chi connectivity index (χ3n) is 10.9. The summed E-state index contributed by atoms with van der Waals surface area (Å²) in [5.41, 5.74) is 1.65. The molecule has 0 bridgehead atoms. The molecule has 0 heterocycles. The molecule has 0 aliphatic rings. The molecular weight excluding hydrogens is 761 g/mol. The molecule has 2 rings (SSSR count). The Kier molecular flexibility index (Phi) is 18.1. The molecule has 0 fully saturated rings. The van der Waals surface area contributed by atoms with Gasteiger partial charge >= 0.3 is 23.1 Å². The summed E-state index contributed by atoms with van der Waals surface area (Å²) in [7, 11) is -7.82. The molecule has 2 aromatic rings. The highest BCUT2D eigenvalue weighted by Gasteiger charge is 2.43. The van der Waals surface area contributed by atoms with Gasteiger partial charge in [-0.1, -0.05) is 94.9 Å². The largest absolute Gasteiger partial charge is 0.541 e. The Labute approximate surface area is 339 Å². The Morgan fingerprint density at radius 3 is 0.800 bits per heavy atom. The van der Waals surface area contributed by atoms with E-state index in [0.717, 1.165) is 34.1 Å². The maximum atomic E-state index is 6.54. The SMILES string of the molecule is Br.C#Cc1ccc(O[Si](C)(C)C(C)(C)C)c(O[Si](C)(C)C(C)(C)C)c1.C#Cc1ccc(O[Si](C)(C)C(C)(C)C)c(O[Si](C)(C)C(C)(C)C)c1.[MgH2]. The van der Waals surface area contributed by atoms with E-state index in [-0.39, 0.29) is 60.2 Å².